The molecule has 0 aromatic heterocycles. The number of nitrogen functional groups attached to an aromatic ring is 1. The van der Waals surface area contributed by atoms with E-state index in [0.29, 0.717) is 17.3 Å². The third-order valence-corrected chi connectivity index (χ3v) is 9.82. The highest BCUT2D eigenvalue weighted by molar-refractivity contribution is 6.74. The molecule has 1 fully saturated rings. The molecule has 0 unspecified atom stereocenters. The Hall–Kier alpha value is -1.51. The Kier molecular flexibility index (Phi) is 4.53. The first-order chi connectivity index (χ1) is 10.5. The summed E-state index contributed by atoms with van der Waals surface area (Å²) in [6.45, 7) is 13.6. The summed E-state index contributed by atoms with van der Waals surface area (Å²) in [5.74, 6) is 0. The van der Waals surface area contributed by atoms with Gasteiger partial charge in [0.1, 0.15) is 0 Å². The molecule has 0 bridgehead atoms. The van der Waals surface area contributed by atoms with Gasteiger partial charge in [0.05, 0.1) is 28.6 Å². The number of nitrogens with zero attached hydrogens (tertiary/aromatic N) is 1. The Morgan fingerprint density at radius 1 is 1.35 bits per heavy atom. The van der Waals surface area contributed by atoms with Crippen molar-refractivity contribution in [1.29, 1.82) is 5.26 Å². The summed E-state index contributed by atoms with van der Waals surface area (Å²) in [5, 5.41) is 12.7. The molecule has 4 nitrogen and oxygen atoms in total. The van der Waals surface area contributed by atoms with Crippen LogP contribution in [-0.2, 0) is 4.43 Å². The number of nitrogens with one attached hydrogen (secondary N) is 1. The van der Waals surface area contributed by atoms with Crippen LogP contribution in [0.25, 0.3) is 0 Å². The lowest BCUT2D eigenvalue weighted by molar-refractivity contribution is -0.0108. The van der Waals surface area contributed by atoms with Crippen LogP contribution in [0, 0.1) is 11.3 Å². The molecule has 1 aromatic rings. The van der Waals surface area contributed by atoms with E-state index in [1.807, 2.05) is 6.07 Å². The van der Waals surface area contributed by atoms with Gasteiger partial charge < -0.3 is 15.5 Å². The zero-order valence-electron chi connectivity index (χ0n) is 15.2. The third kappa shape index (κ3) is 3.88. The van der Waals surface area contributed by atoms with Crippen molar-refractivity contribution in [3.8, 4) is 6.07 Å². The second-order valence-corrected chi connectivity index (χ2v) is 13.2. The molecule has 2 rings (SSSR count). The standard InChI is InChI=1S/C18H29N3OSi/c1-17(2,3)23(5,6)22-18(4)10-14(11-18)21-16-9-13(12-19)7-8-15(16)20/h7-9,14,21H,10-11,20H2,1-6H3. The highest BCUT2D eigenvalue weighted by atomic mass is 28.4. The topological polar surface area (TPSA) is 71.1 Å². The SMILES string of the molecule is CC1(O[Si](C)(C)C(C)(C)C)CC(Nc2cc(C#N)ccc2N)C1. The van der Waals surface area contributed by atoms with Crippen LogP contribution in [0.15, 0.2) is 18.2 Å². The number of nitriles is 1. The molecule has 0 spiro atoms. The van der Waals surface area contributed by atoms with Gasteiger partial charge in [0.15, 0.2) is 8.32 Å². The van der Waals surface area contributed by atoms with E-state index in [4.69, 9.17) is 15.4 Å². The van der Waals surface area contributed by atoms with Crippen LogP contribution in [-0.4, -0.2) is 20.0 Å². The van der Waals surface area contributed by atoms with Gasteiger partial charge in [-0.05, 0) is 56.1 Å². The Morgan fingerprint density at radius 3 is 2.48 bits per heavy atom. The minimum absolute atomic E-state index is 0.0533. The molecule has 23 heavy (non-hydrogen) atoms. The van der Waals surface area contributed by atoms with Crippen molar-refractivity contribution in [3.63, 3.8) is 0 Å². The fourth-order valence-electron chi connectivity index (χ4n) is 2.91. The summed E-state index contributed by atoms with van der Waals surface area (Å²) in [7, 11) is -1.75. The largest absolute Gasteiger partial charge is 0.411 e. The smallest absolute Gasteiger partial charge is 0.192 e. The number of anilines is 2. The Labute approximate surface area is 141 Å². The molecular formula is C18H29N3OSi. The molecule has 0 amide bonds. The van der Waals surface area contributed by atoms with Crippen LogP contribution in [0.3, 0.4) is 0 Å². The summed E-state index contributed by atoms with van der Waals surface area (Å²) in [6, 6.07) is 7.85. The van der Waals surface area contributed by atoms with Crippen LogP contribution in [0.1, 0.15) is 46.1 Å². The summed E-state index contributed by atoms with van der Waals surface area (Å²) in [4.78, 5) is 0. The number of benzene rings is 1. The zero-order valence-corrected chi connectivity index (χ0v) is 16.2. The molecule has 0 heterocycles. The van der Waals surface area contributed by atoms with Gasteiger partial charge in [-0.15, -0.1) is 0 Å². The second-order valence-electron chi connectivity index (χ2n) is 8.48. The van der Waals surface area contributed by atoms with Gasteiger partial charge in [0, 0.05) is 6.04 Å². The highest BCUT2D eigenvalue weighted by Crippen LogP contribution is 2.45. The second kappa shape index (κ2) is 5.84. The Morgan fingerprint density at radius 2 is 1.96 bits per heavy atom. The van der Waals surface area contributed by atoms with Crippen molar-refractivity contribution in [1.82, 2.24) is 0 Å². The van der Waals surface area contributed by atoms with Gasteiger partial charge in [-0.2, -0.15) is 5.26 Å². The van der Waals surface area contributed by atoms with E-state index < -0.39 is 8.32 Å². The van der Waals surface area contributed by atoms with Crippen molar-refractivity contribution < 1.29 is 4.43 Å². The lowest BCUT2D eigenvalue weighted by Crippen LogP contribution is -2.57. The monoisotopic (exact) mass is 331 g/mol. The molecule has 0 radical (unpaired) electrons. The van der Waals surface area contributed by atoms with Gasteiger partial charge in [-0.25, -0.2) is 0 Å². The van der Waals surface area contributed by atoms with Crippen molar-refractivity contribution in [2.24, 2.45) is 0 Å². The zero-order chi connectivity index (χ0) is 17.5. The molecule has 3 N–H and O–H groups in total. The predicted octanol–water partition coefficient (Wildman–Crippen LogP) is 4.50. The van der Waals surface area contributed by atoms with Gasteiger partial charge in [0.25, 0.3) is 0 Å². The normalized spacial score (nSPS) is 24.7. The minimum Gasteiger partial charge on any atom is -0.411 e. The third-order valence-electron chi connectivity index (χ3n) is 5.21. The van der Waals surface area contributed by atoms with Crippen LogP contribution in [0.2, 0.25) is 18.1 Å². The van der Waals surface area contributed by atoms with Crippen LogP contribution in [0.4, 0.5) is 11.4 Å². The fourth-order valence-corrected chi connectivity index (χ4v) is 4.61. The van der Waals surface area contributed by atoms with E-state index in [-0.39, 0.29) is 10.6 Å². The predicted molar refractivity (Wildman–Crippen MR) is 98.9 cm³/mol. The lowest BCUT2D eigenvalue weighted by Gasteiger charge is -2.52. The molecule has 1 saturated carbocycles. The molecule has 0 aliphatic heterocycles. The van der Waals surface area contributed by atoms with Crippen molar-refractivity contribution in [2.45, 2.75) is 70.3 Å². The minimum atomic E-state index is -1.75. The maximum absolute atomic E-state index is 9.01. The van der Waals surface area contributed by atoms with E-state index in [1.165, 1.54) is 0 Å². The van der Waals surface area contributed by atoms with Gasteiger partial charge in [-0.3, -0.25) is 0 Å². The van der Waals surface area contributed by atoms with Crippen molar-refractivity contribution in [3.05, 3.63) is 23.8 Å². The fraction of sp³-hybridized carbons (Fsp3) is 0.611. The van der Waals surface area contributed by atoms with E-state index in [9.17, 15) is 0 Å². The maximum atomic E-state index is 9.01. The molecule has 126 valence electrons. The summed E-state index contributed by atoms with van der Waals surface area (Å²) >= 11 is 0. The number of nitrogens with two attached hydrogens (primary N) is 1. The van der Waals surface area contributed by atoms with Gasteiger partial charge in [0.2, 0.25) is 0 Å². The first kappa shape index (κ1) is 17.8. The highest BCUT2D eigenvalue weighted by Gasteiger charge is 2.48. The maximum Gasteiger partial charge on any atom is 0.192 e. The summed E-state index contributed by atoms with van der Waals surface area (Å²) < 4.78 is 6.58. The molecule has 1 aromatic carbocycles. The molecule has 1 aliphatic rings. The van der Waals surface area contributed by atoms with Crippen LogP contribution < -0.4 is 11.1 Å². The summed E-state index contributed by atoms with van der Waals surface area (Å²) in [5.41, 5.74) is 8.11. The summed E-state index contributed by atoms with van der Waals surface area (Å²) in [6.07, 6.45) is 1.94. The van der Waals surface area contributed by atoms with Crippen molar-refractivity contribution >= 4 is 19.7 Å². The van der Waals surface area contributed by atoms with E-state index in [0.717, 1.165) is 18.5 Å². The van der Waals surface area contributed by atoms with Crippen molar-refractivity contribution in [2.75, 3.05) is 11.1 Å². The first-order valence-corrected chi connectivity index (χ1v) is 11.1. The molecule has 1 aliphatic carbocycles. The van der Waals surface area contributed by atoms with Gasteiger partial charge in [-0.1, -0.05) is 20.8 Å². The van der Waals surface area contributed by atoms with Crippen LogP contribution in [0.5, 0.6) is 0 Å². The molecule has 0 atom stereocenters. The van der Waals surface area contributed by atoms with E-state index in [2.05, 4.69) is 52.2 Å². The Bertz CT molecular complexity index is 622. The molecule has 0 saturated heterocycles. The van der Waals surface area contributed by atoms with E-state index >= 15 is 0 Å². The average Bonchev–Trinajstić information content (AvgIpc) is 2.37. The number of hydrogen-bond donors (Lipinski definition) is 2. The quantitative estimate of drug-likeness (QED) is 0.629. The van der Waals surface area contributed by atoms with Gasteiger partial charge >= 0.3 is 0 Å². The number of rotatable bonds is 4. The number of hydrogen-bond acceptors (Lipinski definition) is 4. The van der Waals surface area contributed by atoms with Crippen LogP contribution >= 0.6 is 0 Å². The first-order valence-electron chi connectivity index (χ1n) is 8.22. The molecular weight excluding hydrogens is 302 g/mol. The average molecular weight is 332 g/mol. The lowest BCUT2D eigenvalue weighted by atomic mass is 9.77. The molecule has 5 heteroatoms. The Balaban J connectivity index is 1.98. The van der Waals surface area contributed by atoms with E-state index in [1.54, 1.807) is 12.1 Å².